The Balaban J connectivity index is 1.28. The van der Waals surface area contributed by atoms with Gasteiger partial charge in [0.15, 0.2) is 0 Å². The summed E-state index contributed by atoms with van der Waals surface area (Å²) in [4.78, 5) is 17.1. The average molecular weight is 342 g/mol. The molecule has 2 aliphatic heterocycles. The predicted octanol–water partition coefficient (Wildman–Crippen LogP) is 2.49. The van der Waals surface area contributed by atoms with Crippen LogP contribution in [0.25, 0.3) is 0 Å². The lowest BCUT2D eigenvalue weighted by Gasteiger charge is -2.39. The first-order valence-electron chi connectivity index (χ1n) is 9.86. The van der Waals surface area contributed by atoms with E-state index < -0.39 is 0 Å². The number of hydrogen-bond acceptors (Lipinski definition) is 3. The first-order chi connectivity index (χ1) is 12.2. The summed E-state index contributed by atoms with van der Waals surface area (Å²) in [5, 5.41) is 3.23. The monoisotopic (exact) mass is 342 g/mol. The minimum atomic E-state index is 0.126. The second-order valence-corrected chi connectivity index (χ2v) is 7.85. The van der Waals surface area contributed by atoms with Crippen molar-refractivity contribution in [3.63, 3.8) is 0 Å². The third kappa shape index (κ3) is 3.61. The highest BCUT2D eigenvalue weighted by Gasteiger charge is 2.31. The van der Waals surface area contributed by atoms with Crippen molar-refractivity contribution in [2.75, 3.05) is 24.5 Å². The van der Waals surface area contributed by atoms with Crippen molar-refractivity contribution in [2.45, 2.75) is 63.1 Å². The number of anilines is 1. The van der Waals surface area contributed by atoms with Crippen LogP contribution in [0.15, 0.2) is 24.3 Å². The number of urea groups is 1. The molecule has 2 fully saturated rings. The van der Waals surface area contributed by atoms with Gasteiger partial charge in [-0.25, -0.2) is 4.79 Å². The number of carbonyl (C=O) groups is 1. The summed E-state index contributed by atoms with van der Waals surface area (Å²) >= 11 is 0. The lowest BCUT2D eigenvalue weighted by atomic mass is 9.92. The van der Waals surface area contributed by atoms with Crippen LogP contribution in [0.3, 0.4) is 0 Å². The summed E-state index contributed by atoms with van der Waals surface area (Å²) in [6, 6.07) is 10.1. The standard InChI is InChI=1S/C20H30N4O/c21-16-5-7-17(8-6-16)22-20(25)23-12-10-18(11-13-23)24-14-9-15-3-1-2-4-19(15)24/h1-4,16-18H,5-14,21H2,(H,22,25). The van der Waals surface area contributed by atoms with E-state index in [1.54, 1.807) is 0 Å². The van der Waals surface area contributed by atoms with E-state index in [9.17, 15) is 4.79 Å². The molecule has 2 heterocycles. The fourth-order valence-corrected chi connectivity index (χ4v) is 4.65. The molecule has 0 spiro atoms. The minimum Gasteiger partial charge on any atom is -0.368 e. The van der Waals surface area contributed by atoms with Crippen LogP contribution in [0.2, 0.25) is 0 Å². The van der Waals surface area contributed by atoms with Crippen molar-refractivity contribution in [3.05, 3.63) is 29.8 Å². The molecule has 0 unspecified atom stereocenters. The molecule has 1 aliphatic carbocycles. The number of fused-ring (bicyclic) bond motifs is 1. The Morgan fingerprint density at radius 3 is 2.48 bits per heavy atom. The fraction of sp³-hybridized carbons (Fsp3) is 0.650. The molecule has 136 valence electrons. The van der Waals surface area contributed by atoms with E-state index in [0.717, 1.165) is 64.6 Å². The van der Waals surface area contributed by atoms with Gasteiger partial charge < -0.3 is 20.9 Å². The van der Waals surface area contributed by atoms with E-state index >= 15 is 0 Å². The van der Waals surface area contributed by atoms with Crippen LogP contribution in [-0.4, -0.2) is 48.7 Å². The van der Waals surface area contributed by atoms with Crippen molar-refractivity contribution >= 4 is 11.7 Å². The summed E-state index contributed by atoms with van der Waals surface area (Å²) < 4.78 is 0. The summed E-state index contributed by atoms with van der Waals surface area (Å²) in [6.45, 7) is 2.85. The highest BCUT2D eigenvalue weighted by molar-refractivity contribution is 5.74. The molecule has 2 amide bonds. The number of amides is 2. The molecule has 5 nitrogen and oxygen atoms in total. The zero-order valence-electron chi connectivity index (χ0n) is 15.0. The molecule has 3 aliphatic rings. The fourth-order valence-electron chi connectivity index (χ4n) is 4.65. The van der Waals surface area contributed by atoms with Crippen LogP contribution in [0.1, 0.15) is 44.1 Å². The maximum atomic E-state index is 12.5. The smallest absolute Gasteiger partial charge is 0.317 e. The number of rotatable bonds is 2. The first-order valence-corrected chi connectivity index (χ1v) is 9.86. The van der Waals surface area contributed by atoms with Gasteiger partial charge in [-0.1, -0.05) is 18.2 Å². The zero-order chi connectivity index (χ0) is 17.2. The van der Waals surface area contributed by atoms with Gasteiger partial charge in [-0.2, -0.15) is 0 Å². The van der Waals surface area contributed by atoms with Crippen molar-refractivity contribution < 1.29 is 4.79 Å². The number of hydrogen-bond donors (Lipinski definition) is 2. The molecule has 0 atom stereocenters. The zero-order valence-corrected chi connectivity index (χ0v) is 15.0. The second-order valence-electron chi connectivity index (χ2n) is 7.85. The Morgan fingerprint density at radius 2 is 1.72 bits per heavy atom. The van der Waals surface area contributed by atoms with E-state index in [4.69, 9.17) is 5.73 Å². The molecular formula is C20H30N4O. The van der Waals surface area contributed by atoms with Gasteiger partial charge in [0.25, 0.3) is 0 Å². The van der Waals surface area contributed by atoms with Gasteiger partial charge in [0, 0.05) is 43.4 Å². The number of benzene rings is 1. The molecule has 25 heavy (non-hydrogen) atoms. The Morgan fingerprint density at radius 1 is 1.00 bits per heavy atom. The van der Waals surface area contributed by atoms with Gasteiger partial charge in [0.05, 0.1) is 0 Å². The average Bonchev–Trinajstić information content (AvgIpc) is 3.08. The highest BCUT2D eigenvalue weighted by Crippen LogP contribution is 2.32. The number of para-hydroxylation sites is 1. The van der Waals surface area contributed by atoms with Gasteiger partial charge in [-0.3, -0.25) is 0 Å². The lowest BCUT2D eigenvalue weighted by Crippen LogP contribution is -2.52. The molecule has 1 saturated carbocycles. The van der Waals surface area contributed by atoms with E-state index in [1.165, 1.54) is 11.3 Å². The Bertz CT molecular complexity index is 603. The molecule has 3 N–H and O–H groups in total. The third-order valence-electron chi connectivity index (χ3n) is 6.21. The molecular weight excluding hydrogens is 312 g/mol. The van der Waals surface area contributed by atoms with Crippen LogP contribution in [0.4, 0.5) is 10.5 Å². The van der Waals surface area contributed by atoms with E-state index in [1.807, 2.05) is 4.90 Å². The molecule has 1 aromatic rings. The van der Waals surface area contributed by atoms with Crippen molar-refractivity contribution in [1.29, 1.82) is 0 Å². The second kappa shape index (κ2) is 7.24. The summed E-state index contributed by atoms with van der Waals surface area (Å²) in [6.07, 6.45) is 7.39. The van der Waals surface area contributed by atoms with Crippen LogP contribution < -0.4 is 16.0 Å². The van der Waals surface area contributed by atoms with Crippen molar-refractivity contribution in [3.8, 4) is 0 Å². The molecule has 1 aromatic carbocycles. The number of nitrogens with two attached hydrogens (primary N) is 1. The Labute approximate surface area is 150 Å². The van der Waals surface area contributed by atoms with Gasteiger partial charge in [0.1, 0.15) is 0 Å². The number of nitrogens with one attached hydrogen (secondary N) is 1. The number of likely N-dealkylation sites (tertiary alicyclic amines) is 1. The maximum absolute atomic E-state index is 12.5. The molecule has 4 rings (SSSR count). The largest absolute Gasteiger partial charge is 0.368 e. The normalized spacial score (nSPS) is 27.2. The molecule has 0 aromatic heterocycles. The van der Waals surface area contributed by atoms with Crippen molar-refractivity contribution in [2.24, 2.45) is 5.73 Å². The Kier molecular flexibility index (Phi) is 4.84. The minimum absolute atomic E-state index is 0.126. The predicted molar refractivity (Wildman–Crippen MR) is 101 cm³/mol. The first kappa shape index (κ1) is 16.7. The van der Waals surface area contributed by atoms with Gasteiger partial charge >= 0.3 is 6.03 Å². The third-order valence-corrected chi connectivity index (χ3v) is 6.21. The molecule has 5 heteroatoms. The van der Waals surface area contributed by atoms with E-state index in [2.05, 4.69) is 34.5 Å². The lowest BCUT2D eigenvalue weighted by molar-refractivity contribution is 0.173. The van der Waals surface area contributed by atoms with E-state index in [0.29, 0.717) is 18.1 Å². The SMILES string of the molecule is NC1CCC(NC(=O)N2CCC(N3CCc4ccccc43)CC2)CC1. The Hall–Kier alpha value is -1.75. The van der Waals surface area contributed by atoms with E-state index in [-0.39, 0.29) is 6.03 Å². The molecule has 1 saturated heterocycles. The van der Waals surface area contributed by atoms with Crippen LogP contribution in [-0.2, 0) is 6.42 Å². The quantitative estimate of drug-likeness (QED) is 0.868. The van der Waals surface area contributed by atoms with Crippen LogP contribution >= 0.6 is 0 Å². The van der Waals surface area contributed by atoms with Crippen LogP contribution in [0, 0.1) is 0 Å². The van der Waals surface area contributed by atoms with Gasteiger partial charge in [0.2, 0.25) is 0 Å². The van der Waals surface area contributed by atoms with Gasteiger partial charge in [-0.05, 0) is 56.6 Å². The molecule has 0 bridgehead atoms. The maximum Gasteiger partial charge on any atom is 0.317 e. The number of nitrogens with zero attached hydrogens (tertiary/aromatic N) is 2. The summed E-state index contributed by atoms with van der Waals surface area (Å²) in [7, 11) is 0. The van der Waals surface area contributed by atoms with Crippen LogP contribution in [0.5, 0.6) is 0 Å². The van der Waals surface area contributed by atoms with Crippen molar-refractivity contribution in [1.82, 2.24) is 10.2 Å². The topological polar surface area (TPSA) is 61.6 Å². The number of carbonyl (C=O) groups excluding carboxylic acids is 1. The summed E-state index contributed by atoms with van der Waals surface area (Å²) in [5.74, 6) is 0. The molecule has 0 radical (unpaired) electrons. The highest BCUT2D eigenvalue weighted by atomic mass is 16.2. The van der Waals surface area contributed by atoms with Gasteiger partial charge in [-0.15, -0.1) is 0 Å². The number of piperidine rings is 1. The summed E-state index contributed by atoms with van der Waals surface area (Å²) in [5.41, 5.74) is 8.83.